The molecule has 0 aliphatic rings. The maximum Gasteiger partial charge on any atom is 0.348 e. The number of nitrogens with zero attached hydrogens (tertiary/aromatic N) is 2. The van der Waals surface area contributed by atoms with E-state index in [2.05, 4.69) is 15.6 Å². The number of nitrogens with two attached hydrogens (primary N) is 1. The highest BCUT2D eigenvalue weighted by atomic mass is 16.2. The van der Waals surface area contributed by atoms with E-state index in [0.717, 1.165) is 5.56 Å². The minimum atomic E-state index is -0.423. The van der Waals surface area contributed by atoms with Crippen LogP contribution in [0.15, 0.2) is 29.1 Å². The number of aromatic nitrogens is 3. The van der Waals surface area contributed by atoms with E-state index in [-0.39, 0.29) is 5.69 Å². The molecule has 0 atom stereocenters. The summed E-state index contributed by atoms with van der Waals surface area (Å²) in [6, 6.07) is 7.01. The van der Waals surface area contributed by atoms with Crippen LogP contribution in [-0.4, -0.2) is 20.5 Å². The zero-order chi connectivity index (χ0) is 13.6. The van der Waals surface area contributed by atoms with Gasteiger partial charge < -0.3 is 0 Å². The molecule has 0 saturated carbocycles. The molecular formula is C12H11N5O2. The lowest BCUT2D eigenvalue weighted by molar-refractivity contribution is 0.0955. The summed E-state index contributed by atoms with van der Waals surface area (Å²) in [6.45, 7) is 1.91. The molecule has 0 aliphatic carbocycles. The Morgan fingerprint density at radius 2 is 2.21 bits per heavy atom. The molecular weight excluding hydrogens is 246 g/mol. The van der Waals surface area contributed by atoms with Crippen molar-refractivity contribution < 1.29 is 4.79 Å². The number of hydrogen-bond donors (Lipinski definition) is 3. The van der Waals surface area contributed by atoms with E-state index in [0.29, 0.717) is 22.1 Å². The first-order valence-corrected chi connectivity index (χ1v) is 5.63. The normalized spacial score (nSPS) is 11.1. The fourth-order valence-corrected chi connectivity index (χ4v) is 2.17. The fourth-order valence-electron chi connectivity index (χ4n) is 2.17. The van der Waals surface area contributed by atoms with Crippen LogP contribution in [0.25, 0.3) is 16.6 Å². The molecule has 0 bridgehead atoms. The van der Waals surface area contributed by atoms with Gasteiger partial charge >= 0.3 is 5.69 Å². The van der Waals surface area contributed by atoms with Gasteiger partial charge in [0.1, 0.15) is 0 Å². The van der Waals surface area contributed by atoms with Gasteiger partial charge in [0.2, 0.25) is 0 Å². The van der Waals surface area contributed by atoms with Crippen LogP contribution in [0.2, 0.25) is 0 Å². The van der Waals surface area contributed by atoms with E-state index in [4.69, 9.17) is 5.84 Å². The van der Waals surface area contributed by atoms with E-state index < -0.39 is 5.91 Å². The maximum atomic E-state index is 11.8. The molecule has 7 nitrogen and oxygen atoms in total. The first-order chi connectivity index (χ1) is 9.11. The molecule has 96 valence electrons. The number of amides is 1. The molecule has 0 spiro atoms. The smallest absolute Gasteiger partial charge is 0.290 e. The van der Waals surface area contributed by atoms with Crippen molar-refractivity contribution in [3.8, 4) is 0 Å². The lowest BCUT2D eigenvalue weighted by atomic mass is 10.1. The Labute approximate surface area is 107 Å². The monoisotopic (exact) mass is 257 g/mol. The van der Waals surface area contributed by atoms with Gasteiger partial charge in [-0.15, -0.1) is 0 Å². The number of pyridine rings is 1. The molecule has 0 radical (unpaired) electrons. The first-order valence-electron chi connectivity index (χ1n) is 5.63. The van der Waals surface area contributed by atoms with Gasteiger partial charge in [0.15, 0.2) is 5.65 Å². The first kappa shape index (κ1) is 11.4. The van der Waals surface area contributed by atoms with Gasteiger partial charge in [-0.2, -0.15) is 5.10 Å². The number of hydrogen-bond acceptors (Lipinski definition) is 4. The predicted octanol–water partition coefficient (Wildman–Crippen LogP) is 0.0877. The molecule has 2 aromatic heterocycles. The van der Waals surface area contributed by atoms with E-state index in [1.807, 2.05) is 19.1 Å². The summed E-state index contributed by atoms with van der Waals surface area (Å²) in [5.74, 6) is 4.76. The Bertz CT molecular complexity index is 862. The lowest BCUT2D eigenvalue weighted by Gasteiger charge is -2.07. The SMILES string of the molecule is Cc1ccc2c(c1)c(C(=O)NN)cc1n[nH]c(=O)n12. The molecule has 1 amide bonds. The van der Waals surface area contributed by atoms with Crippen LogP contribution in [-0.2, 0) is 0 Å². The van der Waals surface area contributed by atoms with Gasteiger partial charge in [-0.1, -0.05) is 11.6 Å². The van der Waals surface area contributed by atoms with Crippen molar-refractivity contribution in [2.45, 2.75) is 6.92 Å². The number of H-pyrrole nitrogens is 1. The van der Waals surface area contributed by atoms with Crippen molar-refractivity contribution in [1.29, 1.82) is 0 Å². The molecule has 4 N–H and O–H groups in total. The second-order valence-corrected chi connectivity index (χ2v) is 4.27. The molecule has 3 aromatic rings. The van der Waals surface area contributed by atoms with Gasteiger partial charge in [-0.25, -0.2) is 20.1 Å². The van der Waals surface area contributed by atoms with E-state index >= 15 is 0 Å². The van der Waals surface area contributed by atoms with Gasteiger partial charge in [0.25, 0.3) is 5.91 Å². The van der Waals surface area contributed by atoms with Crippen LogP contribution < -0.4 is 17.0 Å². The number of rotatable bonds is 1. The highest BCUT2D eigenvalue weighted by Gasteiger charge is 2.14. The number of benzene rings is 1. The number of hydrazine groups is 1. The second-order valence-electron chi connectivity index (χ2n) is 4.27. The second kappa shape index (κ2) is 3.92. The third kappa shape index (κ3) is 1.59. The lowest BCUT2D eigenvalue weighted by Crippen LogP contribution is -2.30. The van der Waals surface area contributed by atoms with Crippen LogP contribution in [0.3, 0.4) is 0 Å². The van der Waals surface area contributed by atoms with E-state index in [1.165, 1.54) is 10.5 Å². The summed E-state index contributed by atoms with van der Waals surface area (Å²) in [6.07, 6.45) is 0. The average molecular weight is 257 g/mol. The van der Waals surface area contributed by atoms with Crippen LogP contribution >= 0.6 is 0 Å². The number of fused-ring (bicyclic) bond motifs is 3. The van der Waals surface area contributed by atoms with Crippen molar-refractivity contribution >= 4 is 22.5 Å². The van der Waals surface area contributed by atoms with E-state index in [1.54, 1.807) is 6.07 Å². The van der Waals surface area contributed by atoms with Gasteiger partial charge in [0.05, 0.1) is 11.1 Å². The van der Waals surface area contributed by atoms with Crippen molar-refractivity contribution in [2.75, 3.05) is 0 Å². The van der Waals surface area contributed by atoms with E-state index in [9.17, 15) is 9.59 Å². The van der Waals surface area contributed by atoms with Crippen molar-refractivity contribution in [1.82, 2.24) is 20.0 Å². The fraction of sp³-hybridized carbons (Fsp3) is 0.0833. The quantitative estimate of drug-likeness (QED) is 0.326. The minimum Gasteiger partial charge on any atom is -0.290 e. The zero-order valence-electron chi connectivity index (χ0n) is 10.1. The summed E-state index contributed by atoms with van der Waals surface area (Å²) in [5, 5.41) is 6.89. The van der Waals surface area contributed by atoms with Crippen LogP contribution in [0.5, 0.6) is 0 Å². The van der Waals surface area contributed by atoms with Gasteiger partial charge in [-0.3, -0.25) is 10.2 Å². The minimum absolute atomic E-state index is 0.344. The number of aromatic amines is 1. The third-order valence-corrected chi connectivity index (χ3v) is 3.03. The Kier molecular flexibility index (Phi) is 2.36. The number of carbonyl (C=O) groups excluding carboxylic acids is 1. The molecule has 0 unspecified atom stereocenters. The Morgan fingerprint density at radius 1 is 1.42 bits per heavy atom. The van der Waals surface area contributed by atoms with Crippen molar-refractivity contribution in [3.05, 3.63) is 45.9 Å². The number of nitrogens with one attached hydrogen (secondary N) is 2. The number of aryl methyl sites for hydroxylation is 1. The van der Waals surface area contributed by atoms with Crippen LogP contribution in [0, 0.1) is 6.92 Å². The number of carbonyl (C=O) groups is 1. The maximum absolute atomic E-state index is 11.8. The standard InChI is InChI=1S/C12H11N5O2/c1-6-2-3-9-7(4-6)8(11(18)14-13)5-10-15-16-12(19)17(9)10/h2-5H,13H2,1H3,(H,14,18)(H,16,19). The summed E-state index contributed by atoms with van der Waals surface area (Å²) in [7, 11) is 0. The summed E-state index contributed by atoms with van der Waals surface area (Å²) >= 11 is 0. The topological polar surface area (TPSA) is 105 Å². The molecule has 0 aliphatic heterocycles. The summed E-state index contributed by atoms with van der Waals surface area (Å²) < 4.78 is 1.42. The van der Waals surface area contributed by atoms with Gasteiger partial charge in [0, 0.05) is 5.39 Å². The molecule has 0 saturated heterocycles. The van der Waals surface area contributed by atoms with Crippen molar-refractivity contribution in [2.24, 2.45) is 5.84 Å². The molecule has 19 heavy (non-hydrogen) atoms. The zero-order valence-corrected chi connectivity index (χ0v) is 10.1. The van der Waals surface area contributed by atoms with Crippen molar-refractivity contribution in [3.63, 3.8) is 0 Å². The highest BCUT2D eigenvalue weighted by molar-refractivity contribution is 6.07. The van der Waals surface area contributed by atoms with Gasteiger partial charge in [-0.05, 0) is 25.1 Å². The Morgan fingerprint density at radius 3 is 2.95 bits per heavy atom. The van der Waals surface area contributed by atoms with Crippen LogP contribution in [0.4, 0.5) is 0 Å². The highest BCUT2D eigenvalue weighted by Crippen LogP contribution is 2.21. The predicted molar refractivity (Wildman–Crippen MR) is 69.7 cm³/mol. The molecule has 0 fully saturated rings. The van der Waals surface area contributed by atoms with Crippen LogP contribution in [0.1, 0.15) is 15.9 Å². The molecule has 1 aromatic carbocycles. The summed E-state index contributed by atoms with van der Waals surface area (Å²) in [5.41, 5.74) is 4.11. The average Bonchev–Trinajstić information content (AvgIpc) is 2.78. The summed E-state index contributed by atoms with van der Waals surface area (Å²) in [4.78, 5) is 23.6. The Balaban J connectivity index is 2.57. The Hall–Kier alpha value is -2.67. The number of nitrogen functional groups attached to an aromatic ring is 1. The molecule has 7 heteroatoms. The molecule has 3 rings (SSSR count). The molecule has 2 heterocycles. The largest absolute Gasteiger partial charge is 0.348 e. The third-order valence-electron chi connectivity index (χ3n) is 3.03.